The van der Waals surface area contributed by atoms with Gasteiger partial charge in [-0.2, -0.15) is 0 Å². The van der Waals surface area contributed by atoms with E-state index in [2.05, 4.69) is 10.3 Å². The molecule has 0 unspecified atom stereocenters. The molecule has 3 N–H and O–H groups in total. The standard InChI is InChI=1S/C23H27N5O2S2/c1-32-19-18(6-3-10-25-19)21(30)27-11-7-23(8-12-27)9-13-28(15-23)20(29)16-4-2-5-17(14-16)26-22(24)31/h2-6,10,14H,7-9,11-13,15H2,1H3,(H3,24,26,31). The molecule has 4 rings (SSSR count). The van der Waals surface area contributed by atoms with Crippen LogP contribution in [-0.4, -0.2) is 64.1 Å². The van der Waals surface area contributed by atoms with Gasteiger partial charge >= 0.3 is 0 Å². The lowest BCUT2D eigenvalue weighted by Gasteiger charge is -2.39. The highest BCUT2D eigenvalue weighted by atomic mass is 32.2. The van der Waals surface area contributed by atoms with E-state index < -0.39 is 0 Å². The van der Waals surface area contributed by atoms with E-state index in [1.807, 2.05) is 46.4 Å². The van der Waals surface area contributed by atoms with Crippen LogP contribution in [0.2, 0.25) is 0 Å². The van der Waals surface area contributed by atoms with Crippen molar-refractivity contribution >= 4 is 46.6 Å². The molecule has 2 saturated heterocycles. The Morgan fingerprint density at radius 3 is 2.50 bits per heavy atom. The molecule has 9 heteroatoms. The Hall–Kier alpha value is -2.65. The zero-order valence-corrected chi connectivity index (χ0v) is 19.7. The summed E-state index contributed by atoms with van der Waals surface area (Å²) in [5, 5.41) is 3.82. The minimum Gasteiger partial charge on any atom is -0.376 e. The van der Waals surface area contributed by atoms with E-state index in [0.717, 1.165) is 37.4 Å². The van der Waals surface area contributed by atoms with Gasteiger partial charge in [-0.15, -0.1) is 11.8 Å². The molecular formula is C23H27N5O2S2. The molecule has 0 saturated carbocycles. The fraction of sp³-hybridized carbons (Fsp3) is 0.391. The third-order valence-corrected chi connectivity index (χ3v) is 7.22. The van der Waals surface area contributed by atoms with Crippen molar-refractivity contribution in [2.75, 3.05) is 37.8 Å². The van der Waals surface area contributed by atoms with Crippen LogP contribution in [0.25, 0.3) is 0 Å². The molecule has 168 valence electrons. The van der Waals surface area contributed by atoms with Crippen LogP contribution in [-0.2, 0) is 0 Å². The van der Waals surface area contributed by atoms with E-state index in [1.165, 1.54) is 11.8 Å². The number of thiocarbonyl (C=S) groups is 1. The topological polar surface area (TPSA) is 91.6 Å². The van der Waals surface area contributed by atoms with Gasteiger partial charge in [0.1, 0.15) is 5.03 Å². The fourth-order valence-electron chi connectivity index (χ4n) is 4.64. The largest absolute Gasteiger partial charge is 0.376 e. The molecule has 0 aliphatic carbocycles. The number of nitrogens with one attached hydrogen (secondary N) is 1. The Kier molecular flexibility index (Phi) is 6.66. The number of pyridine rings is 1. The molecule has 2 amide bonds. The summed E-state index contributed by atoms with van der Waals surface area (Å²) >= 11 is 6.38. The van der Waals surface area contributed by atoms with E-state index in [-0.39, 0.29) is 22.3 Å². The van der Waals surface area contributed by atoms with E-state index >= 15 is 0 Å². The number of likely N-dealkylation sites (tertiary alicyclic amines) is 2. The van der Waals surface area contributed by atoms with Crippen molar-refractivity contribution in [1.82, 2.24) is 14.8 Å². The summed E-state index contributed by atoms with van der Waals surface area (Å²) in [4.78, 5) is 34.3. The van der Waals surface area contributed by atoms with Crippen LogP contribution in [0.5, 0.6) is 0 Å². The third-order valence-electron chi connectivity index (χ3n) is 6.41. The zero-order valence-electron chi connectivity index (χ0n) is 18.0. The van der Waals surface area contributed by atoms with Crippen LogP contribution in [0, 0.1) is 5.41 Å². The van der Waals surface area contributed by atoms with Crippen molar-refractivity contribution in [2.45, 2.75) is 24.3 Å². The molecule has 1 aromatic carbocycles. The Balaban J connectivity index is 1.38. The number of aromatic nitrogens is 1. The van der Waals surface area contributed by atoms with E-state index in [1.54, 1.807) is 12.3 Å². The second-order valence-corrected chi connectivity index (χ2v) is 9.63. The first-order chi connectivity index (χ1) is 15.4. The molecule has 32 heavy (non-hydrogen) atoms. The van der Waals surface area contributed by atoms with Crippen LogP contribution in [0.1, 0.15) is 40.0 Å². The average molecular weight is 470 g/mol. The van der Waals surface area contributed by atoms with Gasteiger partial charge in [0, 0.05) is 43.6 Å². The first-order valence-corrected chi connectivity index (χ1v) is 12.3. The van der Waals surface area contributed by atoms with Crippen LogP contribution in [0.15, 0.2) is 47.6 Å². The number of benzene rings is 1. The van der Waals surface area contributed by atoms with E-state index in [4.69, 9.17) is 18.0 Å². The highest BCUT2D eigenvalue weighted by Gasteiger charge is 2.43. The van der Waals surface area contributed by atoms with Gasteiger partial charge in [-0.3, -0.25) is 9.59 Å². The lowest BCUT2D eigenvalue weighted by Crippen LogP contribution is -2.44. The van der Waals surface area contributed by atoms with Gasteiger partial charge in [-0.25, -0.2) is 4.98 Å². The van der Waals surface area contributed by atoms with Crippen molar-refractivity contribution in [3.8, 4) is 0 Å². The maximum absolute atomic E-state index is 13.1. The van der Waals surface area contributed by atoms with E-state index in [0.29, 0.717) is 29.9 Å². The zero-order chi connectivity index (χ0) is 22.7. The summed E-state index contributed by atoms with van der Waals surface area (Å²) in [6.45, 7) is 2.87. The Labute approximate surface area is 197 Å². The average Bonchev–Trinajstić information content (AvgIpc) is 3.21. The predicted octanol–water partition coefficient (Wildman–Crippen LogP) is 3.23. The minimum absolute atomic E-state index is 0.0203. The highest BCUT2D eigenvalue weighted by Crippen LogP contribution is 2.41. The van der Waals surface area contributed by atoms with Crippen LogP contribution in [0.3, 0.4) is 0 Å². The lowest BCUT2D eigenvalue weighted by atomic mass is 9.77. The van der Waals surface area contributed by atoms with Gasteiger partial charge in [-0.05, 0) is 73.5 Å². The summed E-state index contributed by atoms with van der Waals surface area (Å²) in [6, 6.07) is 10.9. The first-order valence-electron chi connectivity index (χ1n) is 10.6. The summed E-state index contributed by atoms with van der Waals surface area (Å²) in [6.07, 6.45) is 6.42. The van der Waals surface area contributed by atoms with Crippen molar-refractivity contribution in [1.29, 1.82) is 0 Å². The predicted molar refractivity (Wildman–Crippen MR) is 131 cm³/mol. The molecule has 1 spiro atoms. The molecule has 7 nitrogen and oxygen atoms in total. The van der Waals surface area contributed by atoms with Gasteiger partial charge in [0.05, 0.1) is 5.56 Å². The number of anilines is 1. The Bertz CT molecular complexity index is 1040. The molecule has 0 radical (unpaired) electrons. The second kappa shape index (κ2) is 9.46. The second-order valence-electron chi connectivity index (χ2n) is 8.40. The number of amides is 2. The number of carbonyl (C=O) groups excluding carboxylic acids is 2. The van der Waals surface area contributed by atoms with Crippen LogP contribution >= 0.6 is 24.0 Å². The maximum Gasteiger partial charge on any atom is 0.256 e. The Morgan fingerprint density at radius 2 is 1.81 bits per heavy atom. The smallest absolute Gasteiger partial charge is 0.256 e. The molecule has 2 fully saturated rings. The number of thioether (sulfide) groups is 1. The monoisotopic (exact) mass is 469 g/mol. The van der Waals surface area contributed by atoms with Crippen LogP contribution in [0.4, 0.5) is 5.69 Å². The van der Waals surface area contributed by atoms with Gasteiger partial charge in [0.25, 0.3) is 11.8 Å². The molecule has 0 atom stereocenters. The summed E-state index contributed by atoms with van der Waals surface area (Å²) in [5.74, 6) is 0.0669. The SMILES string of the molecule is CSc1ncccc1C(=O)N1CCC2(CCN(C(=O)c3cccc(NC(N)=S)c3)C2)CC1. The normalized spacial score (nSPS) is 17.4. The van der Waals surface area contributed by atoms with Crippen molar-refractivity contribution in [2.24, 2.45) is 11.1 Å². The number of hydrogen-bond donors (Lipinski definition) is 2. The van der Waals surface area contributed by atoms with Gasteiger partial charge in [-0.1, -0.05) is 6.07 Å². The molecular weight excluding hydrogens is 442 g/mol. The summed E-state index contributed by atoms with van der Waals surface area (Å²) in [5.41, 5.74) is 7.63. The van der Waals surface area contributed by atoms with Crippen molar-refractivity contribution < 1.29 is 9.59 Å². The quantitative estimate of drug-likeness (QED) is 0.525. The fourth-order valence-corrected chi connectivity index (χ4v) is 5.30. The molecule has 2 aliphatic rings. The number of rotatable bonds is 4. The number of hydrogen-bond acceptors (Lipinski definition) is 5. The number of piperidine rings is 1. The number of nitrogens with zero attached hydrogens (tertiary/aromatic N) is 3. The first kappa shape index (κ1) is 22.5. The lowest BCUT2D eigenvalue weighted by molar-refractivity contribution is 0.0562. The maximum atomic E-state index is 13.1. The molecule has 3 heterocycles. The summed E-state index contributed by atoms with van der Waals surface area (Å²) < 4.78 is 0. The van der Waals surface area contributed by atoms with Gasteiger partial charge in [0.15, 0.2) is 5.11 Å². The molecule has 1 aromatic heterocycles. The molecule has 2 aliphatic heterocycles. The van der Waals surface area contributed by atoms with Gasteiger partial charge < -0.3 is 20.9 Å². The van der Waals surface area contributed by atoms with Crippen molar-refractivity contribution in [3.05, 3.63) is 53.7 Å². The number of nitrogens with two attached hydrogens (primary N) is 1. The third kappa shape index (κ3) is 4.73. The Morgan fingerprint density at radius 1 is 1.09 bits per heavy atom. The highest BCUT2D eigenvalue weighted by molar-refractivity contribution is 7.98. The molecule has 2 aromatic rings. The van der Waals surface area contributed by atoms with Crippen molar-refractivity contribution in [3.63, 3.8) is 0 Å². The molecule has 0 bridgehead atoms. The van der Waals surface area contributed by atoms with E-state index in [9.17, 15) is 9.59 Å². The minimum atomic E-state index is 0.0203. The summed E-state index contributed by atoms with van der Waals surface area (Å²) in [7, 11) is 0. The van der Waals surface area contributed by atoms with Crippen LogP contribution < -0.4 is 11.1 Å². The van der Waals surface area contributed by atoms with Gasteiger partial charge in [0.2, 0.25) is 0 Å². The number of carbonyl (C=O) groups is 2.